The van der Waals surface area contributed by atoms with Gasteiger partial charge in [0.1, 0.15) is 17.9 Å². The largest absolute Gasteiger partial charge is 0.478 e. The first kappa shape index (κ1) is 23.5. The highest BCUT2D eigenvalue weighted by Crippen LogP contribution is 2.33. The molecule has 1 aromatic heterocycles. The van der Waals surface area contributed by atoms with E-state index >= 15 is 0 Å². The molecule has 36 heavy (non-hydrogen) atoms. The van der Waals surface area contributed by atoms with Gasteiger partial charge in [-0.2, -0.15) is 0 Å². The first-order valence-electron chi connectivity index (χ1n) is 11.4. The molecule has 0 amide bonds. The zero-order valence-electron chi connectivity index (χ0n) is 19.6. The quantitative estimate of drug-likeness (QED) is 0.291. The fraction of sp³-hybridized carbons (Fsp3) is 0.185. The van der Waals surface area contributed by atoms with Crippen LogP contribution in [0.5, 0.6) is 11.5 Å². The van der Waals surface area contributed by atoms with Gasteiger partial charge in [0.2, 0.25) is 0 Å². The standard InChI is InChI=1S/C27H24F2N4O3/c1-15-10-18(7-9-24(15)36-26-21(28)4-3-5-22(26)29)33-27-20-12-19(6-8-23(20)30-14-31-27)32-25-11-17(13-35-25)16(2)34/h3-12,14,16-17,32,34H,13H2,1-2H3,(H,30,31,33)/t16-,17?/m1/s1. The maximum atomic E-state index is 14.0. The molecular formula is C27H24F2N4O3. The molecule has 0 saturated heterocycles. The van der Waals surface area contributed by atoms with Crippen molar-refractivity contribution in [1.82, 2.24) is 9.97 Å². The molecule has 0 saturated carbocycles. The minimum atomic E-state index is -0.770. The Labute approximate surface area is 206 Å². The zero-order chi connectivity index (χ0) is 25.2. The van der Waals surface area contributed by atoms with E-state index in [0.717, 1.165) is 28.7 Å². The number of nitrogens with zero attached hydrogens (tertiary/aromatic N) is 2. The van der Waals surface area contributed by atoms with Crippen molar-refractivity contribution in [3.8, 4) is 11.5 Å². The molecule has 0 radical (unpaired) electrons. The summed E-state index contributed by atoms with van der Waals surface area (Å²) < 4.78 is 39.1. The van der Waals surface area contributed by atoms with Gasteiger partial charge in [0, 0.05) is 22.7 Å². The lowest BCUT2D eigenvalue weighted by Crippen LogP contribution is -2.15. The second kappa shape index (κ2) is 9.79. The lowest BCUT2D eigenvalue weighted by molar-refractivity contribution is 0.113. The van der Waals surface area contributed by atoms with Crippen LogP contribution in [-0.2, 0) is 4.74 Å². The van der Waals surface area contributed by atoms with Crippen LogP contribution in [0.4, 0.5) is 26.0 Å². The molecule has 3 aromatic carbocycles. The zero-order valence-corrected chi connectivity index (χ0v) is 19.6. The number of benzene rings is 3. The summed E-state index contributed by atoms with van der Waals surface area (Å²) in [7, 11) is 0. The maximum Gasteiger partial charge on any atom is 0.198 e. The van der Waals surface area contributed by atoms with Crippen molar-refractivity contribution < 1.29 is 23.4 Å². The average molecular weight is 491 g/mol. The second-order valence-electron chi connectivity index (χ2n) is 8.58. The number of para-hydroxylation sites is 1. The summed E-state index contributed by atoms with van der Waals surface area (Å²) in [4.78, 5) is 8.73. The van der Waals surface area contributed by atoms with Gasteiger partial charge in [-0.25, -0.2) is 18.7 Å². The molecule has 1 aliphatic rings. The van der Waals surface area contributed by atoms with E-state index in [9.17, 15) is 13.9 Å². The summed E-state index contributed by atoms with van der Waals surface area (Å²) in [5.41, 5.74) is 2.92. The van der Waals surface area contributed by atoms with E-state index in [4.69, 9.17) is 9.47 Å². The number of anilines is 3. The fourth-order valence-corrected chi connectivity index (χ4v) is 3.88. The Morgan fingerprint density at radius 3 is 2.50 bits per heavy atom. The smallest absolute Gasteiger partial charge is 0.198 e. The molecule has 4 aromatic rings. The Kier molecular flexibility index (Phi) is 6.39. The van der Waals surface area contributed by atoms with Crippen molar-refractivity contribution >= 4 is 28.1 Å². The van der Waals surface area contributed by atoms with Crippen molar-refractivity contribution in [2.45, 2.75) is 20.0 Å². The Morgan fingerprint density at radius 2 is 1.78 bits per heavy atom. The number of fused-ring (bicyclic) bond motifs is 1. The topological polar surface area (TPSA) is 88.5 Å². The van der Waals surface area contributed by atoms with E-state index in [0.29, 0.717) is 35.3 Å². The van der Waals surface area contributed by atoms with Gasteiger partial charge in [0.05, 0.1) is 18.2 Å². The van der Waals surface area contributed by atoms with Crippen LogP contribution in [-0.4, -0.2) is 27.8 Å². The van der Waals surface area contributed by atoms with Gasteiger partial charge in [-0.15, -0.1) is 0 Å². The number of rotatable bonds is 7. The van der Waals surface area contributed by atoms with Crippen molar-refractivity contribution in [2.75, 3.05) is 17.2 Å². The van der Waals surface area contributed by atoms with Crippen molar-refractivity contribution in [2.24, 2.45) is 5.92 Å². The van der Waals surface area contributed by atoms with Crippen LogP contribution in [0.25, 0.3) is 10.9 Å². The number of ether oxygens (including phenoxy) is 2. The molecule has 5 rings (SSSR count). The number of aliphatic hydroxyl groups excluding tert-OH is 1. The van der Waals surface area contributed by atoms with Gasteiger partial charge in [-0.1, -0.05) is 6.07 Å². The van der Waals surface area contributed by atoms with Gasteiger partial charge < -0.3 is 25.2 Å². The molecule has 7 nitrogen and oxygen atoms in total. The molecule has 0 aliphatic carbocycles. The summed E-state index contributed by atoms with van der Waals surface area (Å²) >= 11 is 0. The van der Waals surface area contributed by atoms with Gasteiger partial charge >= 0.3 is 0 Å². The molecule has 184 valence electrons. The normalized spacial score (nSPS) is 15.8. The third-order valence-electron chi connectivity index (χ3n) is 5.89. The summed E-state index contributed by atoms with van der Waals surface area (Å²) in [6.07, 6.45) is 2.85. The molecule has 0 fully saturated rings. The summed E-state index contributed by atoms with van der Waals surface area (Å²) in [5.74, 6) is -0.529. The first-order chi connectivity index (χ1) is 17.4. The summed E-state index contributed by atoms with van der Waals surface area (Å²) in [6.45, 7) is 3.94. The highest BCUT2D eigenvalue weighted by molar-refractivity contribution is 5.93. The van der Waals surface area contributed by atoms with Gasteiger partial charge in [0.15, 0.2) is 23.3 Å². The number of aryl methyl sites for hydroxylation is 1. The Hall–Kier alpha value is -4.24. The number of hydrogen-bond acceptors (Lipinski definition) is 7. The highest BCUT2D eigenvalue weighted by atomic mass is 19.1. The van der Waals surface area contributed by atoms with Crippen LogP contribution in [0.15, 0.2) is 72.9 Å². The lowest BCUT2D eigenvalue weighted by Gasteiger charge is -2.14. The molecule has 0 bridgehead atoms. The number of aromatic nitrogens is 2. The number of aliphatic hydroxyl groups is 1. The number of hydrogen-bond donors (Lipinski definition) is 3. The third-order valence-corrected chi connectivity index (χ3v) is 5.89. The Morgan fingerprint density at radius 1 is 1.03 bits per heavy atom. The second-order valence-corrected chi connectivity index (χ2v) is 8.58. The number of nitrogens with one attached hydrogen (secondary N) is 2. The highest BCUT2D eigenvalue weighted by Gasteiger charge is 2.21. The van der Waals surface area contributed by atoms with Gasteiger partial charge in [-0.05, 0) is 74.0 Å². The third kappa shape index (κ3) is 4.92. The number of halogens is 2. The summed E-state index contributed by atoms with van der Waals surface area (Å²) in [6, 6.07) is 14.4. The van der Waals surface area contributed by atoms with E-state index < -0.39 is 23.5 Å². The molecule has 1 unspecified atom stereocenters. The predicted octanol–water partition coefficient (Wildman–Crippen LogP) is 6.03. The predicted molar refractivity (Wildman–Crippen MR) is 133 cm³/mol. The minimum absolute atomic E-state index is 0.0569. The molecule has 2 heterocycles. The van der Waals surface area contributed by atoms with E-state index in [1.807, 2.05) is 24.3 Å². The van der Waals surface area contributed by atoms with Crippen molar-refractivity contribution in [3.63, 3.8) is 0 Å². The van der Waals surface area contributed by atoms with Crippen LogP contribution < -0.4 is 15.4 Å². The molecule has 2 atom stereocenters. The molecule has 3 N–H and O–H groups in total. The first-order valence-corrected chi connectivity index (χ1v) is 11.4. The Balaban J connectivity index is 1.38. The molecule has 1 aliphatic heterocycles. The van der Waals surface area contributed by atoms with E-state index in [1.54, 1.807) is 32.0 Å². The maximum absolute atomic E-state index is 14.0. The monoisotopic (exact) mass is 490 g/mol. The minimum Gasteiger partial charge on any atom is -0.478 e. The fourth-order valence-electron chi connectivity index (χ4n) is 3.88. The molecular weight excluding hydrogens is 466 g/mol. The van der Waals surface area contributed by atoms with E-state index in [-0.39, 0.29) is 5.92 Å². The SMILES string of the molecule is Cc1cc(Nc2ncnc3ccc(NC4=CC([C@@H](C)O)CO4)cc23)ccc1Oc1c(F)cccc1F. The summed E-state index contributed by atoms with van der Waals surface area (Å²) in [5, 5.41) is 17.1. The molecule has 9 heteroatoms. The lowest BCUT2D eigenvalue weighted by atomic mass is 10.1. The Bertz CT molecular complexity index is 1440. The average Bonchev–Trinajstić information content (AvgIpc) is 3.32. The van der Waals surface area contributed by atoms with Gasteiger partial charge in [0.25, 0.3) is 0 Å². The van der Waals surface area contributed by atoms with E-state index in [1.165, 1.54) is 12.4 Å². The van der Waals surface area contributed by atoms with Crippen LogP contribution in [0.2, 0.25) is 0 Å². The van der Waals surface area contributed by atoms with E-state index in [2.05, 4.69) is 20.6 Å². The van der Waals surface area contributed by atoms with Crippen LogP contribution in [0.1, 0.15) is 12.5 Å². The van der Waals surface area contributed by atoms with Gasteiger partial charge in [-0.3, -0.25) is 0 Å². The van der Waals surface area contributed by atoms with Crippen molar-refractivity contribution in [3.05, 3.63) is 90.1 Å². The van der Waals surface area contributed by atoms with Crippen LogP contribution in [0, 0.1) is 24.5 Å². The molecule has 0 spiro atoms. The van der Waals surface area contributed by atoms with Crippen LogP contribution >= 0.6 is 0 Å². The van der Waals surface area contributed by atoms with Crippen LogP contribution in [0.3, 0.4) is 0 Å². The van der Waals surface area contributed by atoms with Crippen molar-refractivity contribution in [1.29, 1.82) is 0 Å².